The molecule has 154 valence electrons. The number of ketones is 1. The highest BCUT2D eigenvalue weighted by Crippen LogP contribution is 2.48. The summed E-state index contributed by atoms with van der Waals surface area (Å²) in [6.07, 6.45) is 2.72. The molecule has 0 radical (unpaired) electrons. The topological polar surface area (TPSA) is 57.7 Å². The van der Waals surface area contributed by atoms with Crippen LogP contribution in [0.5, 0.6) is 0 Å². The summed E-state index contributed by atoms with van der Waals surface area (Å²) in [6.45, 7) is 4.82. The van der Waals surface area contributed by atoms with Crippen LogP contribution in [0.1, 0.15) is 41.3 Å². The number of hydrogen-bond donors (Lipinski definition) is 0. The molecule has 0 aliphatic carbocycles. The molecule has 2 aromatic carbocycles. The van der Waals surface area contributed by atoms with Crippen LogP contribution in [0.15, 0.2) is 48.5 Å². The van der Waals surface area contributed by atoms with Gasteiger partial charge in [-0.15, -0.1) is 0 Å². The lowest BCUT2D eigenvalue weighted by Crippen LogP contribution is -2.46. The van der Waals surface area contributed by atoms with Crippen molar-refractivity contribution >= 4 is 23.3 Å². The first-order valence-corrected chi connectivity index (χ1v) is 10.8. The number of aryl methyl sites for hydroxylation is 2. The maximum absolute atomic E-state index is 13.5. The van der Waals surface area contributed by atoms with Gasteiger partial charge in [0.05, 0.1) is 23.6 Å². The molecule has 4 atom stereocenters. The van der Waals surface area contributed by atoms with Crippen molar-refractivity contribution in [1.29, 1.82) is 0 Å². The first kappa shape index (κ1) is 19.2. The van der Waals surface area contributed by atoms with E-state index in [1.54, 1.807) is 0 Å². The molecule has 5 rings (SSSR count). The maximum Gasteiger partial charge on any atom is 0.239 e. The number of benzene rings is 2. The Bertz CT molecular complexity index is 1010. The molecule has 3 saturated heterocycles. The molecule has 3 aliphatic rings. The lowest BCUT2D eigenvalue weighted by atomic mass is 9.85. The largest absolute Gasteiger partial charge is 0.292 e. The summed E-state index contributed by atoms with van der Waals surface area (Å²) >= 11 is 0. The number of carbonyl (C=O) groups is 3. The Morgan fingerprint density at radius 1 is 0.967 bits per heavy atom. The summed E-state index contributed by atoms with van der Waals surface area (Å²) in [5.41, 5.74) is 3.47. The molecule has 3 fully saturated rings. The third-order valence-corrected chi connectivity index (χ3v) is 7.06. The Kier molecular flexibility index (Phi) is 4.58. The molecule has 5 nitrogen and oxygen atoms in total. The van der Waals surface area contributed by atoms with Gasteiger partial charge in [-0.25, -0.2) is 4.90 Å². The zero-order valence-corrected chi connectivity index (χ0v) is 17.4. The van der Waals surface area contributed by atoms with Gasteiger partial charge in [-0.05, 0) is 50.4 Å². The van der Waals surface area contributed by atoms with E-state index in [1.165, 1.54) is 4.90 Å². The number of amides is 2. The summed E-state index contributed by atoms with van der Waals surface area (Å²) in [7, 11) is 0. The zero-order valence-electron chi connectivity index (χ0n) is 17.4. The number of imide groups is 1. The van der Waals surface area contributed by atoms with Crippen LogP contribution in [-0.4, -0.2) is 41.1 Å². The van der Waals surface area contributed by atoms with Crippen molar-refractivity contribution in [1.82, 2.24) is 4.90 Å². The van der Waals surface area contributed by atoms with Gasteiger partial charge in [0.2, 0.25) is 11.8 Å². The second-order valence-corrected chi connectivity index (χ2v) is 8.71. The number of anilines is 1. The van der Waals surface area contributed by atoms with Gasteiger partial charge in [0.25, 0.3) is 0 Å². The molecule has 0 spiro atoms. The van der Waals surface area contributed by atoms with Crippen molar-refractivity contribution in [2.45, 2.75) is 45.2 Å². The average molecular weight is 402 g/mol. The van der Waals surface area contributed by atoms with E-state index in [4.69, 9.17) is 0 Å². The molecule has 0 unspecified atom stereocenters. The normalized spacial score (nSPS) is 28.1. The fourth-order valence-corrected chi connectivity index (χ4v) is 5.54. The van der Waals surface area contributed by atoms with Crippen LogP contribution in [0.4, 0.5) is 5.69 Å². The minimum Gasteiger partial charge on any atom is -0.292 e. The first-order valence-electron chi connectivity index (χ1n) is 10.8. The van der Waals surface area contributed by atoms with Gasteiger partial charge < -0.3 is 0 Å². The highest BCUT2D eigenvalue weighted by atomic mass is 16.2. The average Bonchev–Trinajstić information content (AvgIpc) is 3.40. The second-order valence-electron chi connectivity index (χ2n) is 8.71. The van der Waals surface area contributed by atoms with Gasteiger partial charge in [0, 0.05) is 11.6 Å². The predicted molar refractivity (Wildman–Crippen MR) is 114 cm³/mol. The molecule has 0 bridgehead atoms. The summed E-state index contributed by atoms with van der Waals surface area (Å²) in [5.74, 6) is -1.44. The van der Waals surface area contributed by atoms with Crippen molar-refractivity contribution in [2.24, 2.45) is 11.8 Å². The number of rotatable bonds is 4. The SMILES string of the molecule is CCc1ccc(N2C(=O)[C@H]3[C@H](C2=O)[C@@H](C(=O)c2ccc(C)cc2)N2CCC[C@H]32)cc1. The van der Waals surface area contributed by atoms with Crippen LogP contribution in [0.3, 0.4) is 0 Å². The Balaban J connectivity index is 1.52. The summed E-state index contributed by atoms with van der Waals surface area (Å²) in [6, 6.07) is 14.5. The molecule has 0 N–H and O–H groups in total. The van der Waals surface area contributed by atoms with Crippen LogP contribution in [0, 0.1) is 18.8 Å². The fourth-order valence-electron chi connectivity index (χ4n) is 5.54. The van der Waals surface area contributed by atoms with Crippen molar-refractivity contribution in [2.75, 3.05) is 11.4 Å². The van der Waals surface area contributed by atoms with Crippen LogP contribution in [0.2, 0.25) is 0 Å². The number of fused-ring (bicyclic) bond motifs is 3. The van der Waals surface area contributed by atoms with E-state index in [9.17, 15) is 14.4 Å². The molecule has 5 heteroatoms. The standard InChI is InChI=1S/C25H26N2O3/c1-3-16-8-12-18(13-9-16)27-24(29)20-19-5-4-14-26(19)22(21(20)25(27)30)23(28)17-10-6-15(2)7-11-17/h6-13,19-22H,3-5,14H2,1-2H3/t19-,20-,21+,22+/m1/s1. The van der Waals surface area contributed by atoms with E-state index >= 15 is 0 Å². The number of hydrogen-bond acceptors (Lipinski definition) is 4. The number of carbonyl (C=O) groups excluding carboxylic acids is 3. The fraction of sp³-hybridized carbons (Fsp3) is 0.400. The van der Waals surface area contributed by atoms with Gasteiger partial charge in [0.15, 0.2) is 5.78 Å². The second kappa shape index (κ2) is 7.17. The predicted octanol–water partition coefficient (Wildman–Crippen LogP) is 3.39. The Hall–Kier alpha value is -2.79. The van der Waals surface area contributed by atoms with E-state index in [-0.39, 0.29) is 23.6 Å². The third kappa shape index (κ3) is 2.76. The molecule has 3 aliphatic heterocycles. The van der Waals surface area contributed by atoms with Crippen LogP contribution in [-0.2, 0) is 16.0 Å². The third-order valence-electron chi connectivity index (χ3n) is 7.06. The van der Waals surface area contributed by atoms with E-state index in [0.29, 0.717) is 11.3 Å². The highest BCUT2D eigenvalue weighted by Gasteiger charge is 2.64. The molecular formula is C25H26N2O3. The smallest absolute Gasteiger partial charge is 0.239 e. The van der Waals surface area contributed by atoms with Gasteiger partial charge >= 0.3 is 0 Å². The molecule has 3 heterocycles. The van der Waals surface area contributed by atoms with E-state index < -0.39 is 17.9 Å². The van der Waals surface area contributed by atoms with E-state index in [0.717, 1.165) is 36.9 Å². The highest BCUT2D eigenvalue weighted by molar-refractivity contribution is 6.24. The molecule has 2 aromatic rings. The summed E-state index contributed by atoms with van der Waals surface area (Å²) < 4.78 is 0. The number of nitrogens with zero attached hydrogens (tertiary/aromatic N) is 2. The van der Waals surface area contributed by atoms with Gasteiger partial charge in [-0.2, -0.15) is 0 Å². The van der Waals surface area contributed by atoms with Crippen molar-refractivity contribution < 1.29 is 14.4 Å². The van der Waals surface area contributed by atoms with Gasteiger partial charge in [-0.3, -0.25) is 19.3 Å². The summed E-state index contributed by atoms with van der Waals surface area (Å²) in [5, 5.41) is 0. The van der Waals surface area contributed by atoms with Crippen LogP contribution in [0.25, 0.3) is 0 Å². The maximum atomic E-state index is 13.5. The molecule has 30 heavy (non-hydrogen) atoms. The Morgan fingerprint density at radius 3 is 2.30 bits per heavy atom. The zero-order chi connectivity index (χ0) is 21.0. The van der Waals surface area contributed by atoms with Gasteiger partial charge in [0.1, 0.15) is 0 Å². The molecule has 0 saturated carbocycles. The quantitative estimate of drug-likeness (QED) is 0.581. The lowest BCUT2D eigenvalue weighted by Gasteiger charge is -2.27. The van der Waals surface area contributed by atoms with E-state index in [2.05, 4.69) is 11.8 Å². The minimum atomic E-state index is -0.595. The Morgan fingerprint density at radius 2 is 1.63 bits per heavy atom. The number of Topliss-reactive ketones (excluding diaryl/α,β-unsaturated/α-hetero) is 1. The van der Waals surface area contributed by atoms with Crippen LogP contribution >= 0.6 is 0 Å². The van der Waals surface area contributed by atoms with Crippen molar-refractivity contribution in [3.63, 3.8) is 0 Å². The summed E-state index contributed by atoms with van der Waals surface area (Å²) in [4.78, 5) is 43.9. The first-order chi connectivity index (χ1) is 14.5. The monoisotopic (exact) mass is 402 g/mol. The molecule has 2 amide bonds. The minimum absolute atomic E-state index is 0.0224. The van der Waals surface area contributed by atoms with Crippen LogP contribution < -0.4 is 4.90 Å². The van der Waals surface area contributed by atoms with Crippen molar-refractivity contribution in [3.05, 3.63) is 65.2 Å². The van der Waals surface area contributed by atoms with Gasteiger partial charge in [-0.1, -0.05) is 48.9 Å². The van der Waals surface area contributed by atoms with Crippen molar-refractivity contribution in [3.8, 4) is 0 Å². The lowest BCUT2D eigenvalue weighted by molar-refractivity contribution is -0.123. The molecule has 0 aromatic heterocycles. The Labute approximate surface area is 176 Å². The van der Waals surface area contributed by atoms with E-state index in [1.807, 2.05) is 55.5 Å². The molecular weight excluding hydrogens is 376 g/mol.